The molecule has 2 heterocycles. The maximum Gasteiger partial charge on any atom is 0.573 e. The SMILES string of the molecule is CC(C)CN(C(=O)C=Cc1cccc(OC(F)(F)F)c1)[C@H]1CC[C@@]2(O)[C@H]3Cc4cccc5c4[C@@]2(CCN3CC2CC2)[C@H]1O5. The van der Waals surface area contributed by atoms with E-state index in [0.29, 0.717) is 24.9 Å². The summed E-state index contributed by atoms with van der Waals surface area (Å²) in [4.78, 5) is 18.3. The molecule has 0 unspecified atom stereocenters. The summed E-state index contributed by atoms with van der Waals surface area (Å²) < 4.78 is 49.1. The van der Waals surface area contributed by atoms with Crippen molar-refractivity contribution in [1.29, 1.82) is 0 Å². The normalized spacial score (nSPS) is 31.2. The molecule has 5 aliphatic rings. The Labute approximate surface area is 250 Å². The molecule has 3 fully saturated rings. The van der Waals surface area contributed by atoms with Crippen molar-refractivity contribution in [2.24, 2.45) is 11.8 Å². The summed E-state index contributed by atoms with van der Waals surface area (Å²) in [5.74, 6) is 1.18. The van der Waals surface area contributed by atoms with Gasteiger partial charge in [0, 0.05) is 30.8 Å². The van der Waals surface area contributed by atoms with E-state index in [4.69, 9.17) is 4.74 Å². The number of halogens is 3. The summed E-state index contributed by atoms with van der Waals surface area (Å²) in [7, 11) is 0. The zero-order valence-electron chi connectivity index (χ0n) is 24.6. The number of nitrogens with zero attached hydrogens (tertiary/aromatic N) is 2. The lowest BCUT2D eigenvalue weighted by Crippen LogP contribution is -2.78. The molecule has 2 bridgehead atoms. The van der Waals surface area contributed by atoms with Crippen LogP contribution in [0.3, 0.4) is 0 Å². The number of benzene rings is 2. The number of ether oxygens (including phenoxy) is 2. The maximum atomic E-state index is 13.9. The molecule has 1 saturated heterocycles. The Kier molecular flexibility index (Phi) is 6.85. The minimum Gasteiger partial charge on any atom is -0.487 e. The molecule has 1 spiro atoms. The van der Waals surface area contributed by atoms with Crippen molar-refractivity contribution in [3.05, 3.63) is 65.2 Å². The van der Waals surface area contributed by atoms with Gasteiger partial charge in [-0.25, -0.2) is 0 Å². The van der Waals surface area contributed by atoms with Crippen LogP contribution in [0.1, 0.15) is 62.6 Å². The third-order valence-electron chi connectivity index (χ3n) is 10.4. The van der Waals surface area contributed by atoms with Gasteiger partial charge in [0.15, 0.2) is 0 Å². The highest BCUT2D eigenvalue weighted by molar-refractivity contribution is 5.92. The molecule has 0 aromatic heterocycles. The van der Waals surface area contributed by atoms with Crippen LogP contribution >= 0.6 is 0 Å². The number of piperidine rings is 1. The third kappa shape index (κ3) is 4.83. The molecular weight excluding hydrogens is 557 g/mol. The van der Waals surface area contributed by atoms with Crippen LogP contribution in [0, 0.1) is 11.8 Å². The number of aliphatic hydroxyl groups is 1. The molecule has 230 valence electrons. The highest BCUT2D eigenvalue weighted by Gasteiger charge is 2.73. The summed E-state index contributed by atoms with van der Waals surface area (Å²) >= 11 is 0. The molecule has 9 heteroatoms. The van der Waals surface area contributed by atoms with E-state index < -0.39 is 17.4 Å². The molecule has 2 saturated carbocycles. The van der Waals surface area contributed by atoms with Crippen LogP contribution in [0.15, 0.2) is 48.5 Å². The quantitative estimate of drug-likeness (QED) is 0.396. The van der Waals surface area contributed by atoms with Crippen molar-refractivity contribution in [3.8, 4) is 11.5 Å². The third-order valence-corrected chi connectivity index (χ3v) is 10.4. The number of likely N-dealkylation sites (tertiary alicyclic amines) is 1. The minimum absolute atomic E-state index is 0.0232. The van der Waals surface area contributed by atoms with Gasteiger partial charge in [0.05, 0.1) is 17.1 Å². The largest absolute Gasteiger partial charge is 0.573 e. The van der Waals surface area contributed by atoms with Gasteiger partial charge in [-0.3, -0.25) is 9.69 Å². The van der Waals surface area contributed by atoms with Crippen LogP contribution in [0.25, 0.3) is 6.08 Å². The van der Waals surface area contributed by atoms with E-state index in [0.717, 1.165) is 43.2 Å². The fourth-order valence-electron chi connectivity index (χ4n) is 8.61. The van der Waals surface area contributed by atoms with Crippen LogP contribution < -0.4 is 9.47 Å². The van der Waals surface area contributed by atoms with E-state index in [2.05, 4.69) is 29.6 Å². The van der Waals surface area contributed by atoms with Crippen molar-refractivity contribution >= 4 is 12.0 Å². The van der Waals surface area contributed by atoms with Gasteiger partial charge >= 0.3 is 6.36 Å². The Balaban J connectivity index is 1.21. The fourth-order valence-corrected chi connectivity index (χ4v) is 8.61. The molecule has 43 heavy (non-hydrogen) atoms. The zero-order valence-corrected chi connectivity index (χ0v) is 24.6. The Morgan fingerprint density at radius 2 is 1.98 bits per heavy atom. The first-order valence-electron chi connectivity index (χ1n) is 15.6. The molecule has 0 radical (unpaired) electrons. The molecule has 1 amide bonds. The molecule has 1 N–H and O–H groups in total. The zero-order chi connectivity index (χ0) is 30.1. The van der Waals surface area contributed by atoms with Crippen molar-refractivity contribution < 1.29 is 32.5 Å². The van der Waals surface area contributed by atoms with Gasteiger partial charge in [0.2, 0.25) is 5.91 Å². The highest BCUT2D eigenvalue weighted by atomic mass is 19.4. The molecule has 3 aliphatic carbocycles. The number of carbonyl (C=O) groups excluding carboxylic acids is 1. The molecule has 2 aliphatic heterocycles. The van der Waals surface area contributed by atoms with Gasteiger partial charge in [-0.15, -0.1) is 13.2 Å². The molecule has 5 atom stereocenters. The molecule has 7 rings (SSSR count). The summed E-state index contributed by atoms with van der Waals surface area (Å²) in [5, 5.41) is 12.8. The second-order valence-corrected chi connectivity index (χ2v) is 13.6. The van der Waals surface area contributed by atoms with Crippen molar-refractivity contribution in [3.63, 3.8) is 0 Å². The van der Waals surface area contributed by atoms with Gasteiger partial charge in [-0.2, -0.15) is 0 Å². The standard InChI is InChI=1S/C34H39F3N2O4/c1-21(2)19-39(29(40)12-11-22-5-3-7-25(17-22)43-34(35,36)37)26-13-14-33(41)28-18-24-6-4-8-27-30(24)32(33,31(26)42-27)15-16-38(28)20-23-9-10-23/h3-8,11-12,17,21,23,26,28,31,41H,9-10,13-16,18-20H2,1-2H3/t26-,28+,31-,32-,33+/m0/s1. The first kappa shape index (κ1) is 28.7. The number of amides is 1. The number of carbonyl (C=O) groups is 1. The van der Waals surface area contributed by atoms with Crippen LogP contribution in [-0.2, 0) is 16.6 Å². The average molecular weight is 597 g/mol. The maximum absolute atomic E-state index is 13.9. The van der Waals surface area contributed by atoms with E-state index >= 15 is 0 Å². The van der Waals surface area contributed by atoms with Crippen LogP contribution in [0.2, 0.25) is 0 Å². The Morgan fingerprint density at radius 3 is 2.72 bits per heavy atom. The number of alkyl halides is 3. The second kappa shape index (κ2) is 10.3. The number of hydrogen-bond donors (Lipinski definition) is 1. The van der Waals surface area contributed by atoms with Crippen LogP contribution in [-0.4, -0.2) is 70.6 Å². The summed E-state index contributed by atoms with van der Waals surface area (Å²) in [6, 6.07) is 11.6. The summed E-state index contributed by atoms with van der Waals surface area (Å²) in [6.45, 7) is 6.56. The molecule has 2 aromatic rings. The lowest BCUT2D eigenvalue weighted by atomic mass is 9.48. The first-order valence-corrected chi connectivity index (χ1v) is 15.6. The van der Waals surface area contributed by atoms with E-state index in [1.807, 2.05) is 17.0 Å². The van der Waals surface area contributed by atoms with Crippen LogP contribution in [0.4, 0.5) is 13.2 Å². The van der Waals surface area contributed by atoms with E-state index in [-0.39, 0.29) is 35.8 Å². The number of rotatable bonds is 8. The van der Waals surface area contributed by atoms with Crippen molar-refractivity contribution in [2.45, 2.75) is 87.9 Å². The molecular formula is C34H39F3N2O4. The second-order valence-electron chi connectivity index (χ2n) is 13.6. The summed E-state index contributed by atoms with van der Waals surface area (Å²) in [6.07, 6.45) is 3.11. The van der Waals surface area contributed by atoms with Gasteiger partial charge in [0.1, 0.15) is 17.6 Å². The van der Waals surface area contributed by atoms with E-state index in [1.54, 1.807) is 6.07 Å². The van der Waals surface area contributed by atoms with Crippen molar-refractivity contribution in [1.82, 2.24) is 9.80 Å². The smallest absolute Gasteiger partial charge is 0.487 e. The van der Waals surface area contributed by atoms with Gasteiger partial charge in [-0.1, -0.05) is 38.1 Å². The van der Waals surface area contributed by atoms with E-state index in [1.165, 1.54) is 48.8 Å². The van der Waals surface area contributed by atoms with Crippen molar-refractivity contribution in [2.75, 3.05) is 19.6 Å². The molecule has 6 nitrogen and oxygen atoms in total. The number of hydrogen-bond acceptors (Lipinski definition) is 5. The first-order chi connectivity index (χ1) is 20.5. The van der Waals surface area contributed by atoms with Gasteiger partial charge in [-0.05, 0) is 92.3 Å². The average Bonchev–Trinajstić information content (AvgIpc) is 3.69. The summed E-state index contributed by atoms with van der Waals surface area (Å²) in [5.41, 5.74) is 1.29. The Morgan fingerprint density at radius 1 is 1.19 bits per heavy atom. The highest BCUT2D eigenvalue weighted by Crippen LogP contribution is 2.64. The Hall–Kier alpha value is -3.04. The fraction of sp³-hybridized carbons (Fsp3) is 0.559. The monoisotopic (exact) mass is 596 g/mol. The topological polar surface area (TPSA) is 62.2 Å². The van der Waals surface area contributed by atoms with Crippen LogP contribution in [0.5, 0.6) is 11.5 Å². The lowest BCUT2D eigenvalue weighted by Gasteiger charge is -2.65. The van der Waals surface area contributed by atoms with E-state index in [9.17, 15) is 23.1 Å². The Bertz CT molecular complexity index is 1440. The minimum atomic E-state index is -4.79. The lowest BCUT2D eigenvalue weighted by molar-refractivity contribution is -0.274. The predicted molar refractivity (Wildman–Crippen MR) is 156 cm³/mol. The van der Waals surface area contributed by atoms with Gasteiger partial charge in [0.25, 0.3) is 0 Å². The predicted octanol–water partition coefficient (Wildman–Crippen LogP) is 5.72. The molecule has 2 aromatic carbocycles. The van der Waals surface area contributed by atoms with Gasteiger partial charge < -0.3 is 19.5 Å².